The van der Waals surface area contributed by atoms with Gasteiger partial charge in [0.05, 0.1) is 12.1 Å². The molecule has 1 fully saturated rings. The van der Waals surface area contributed by atoms with E-state index in [1.54, 1.807) is 19.2 Å². The summed E-state index contributed by atoms with van der Waals surface area (Å²) in [7, 11) is 1.74. The first-order valence-corrected chi connectivity index (χ1v) is 5.36. The number of benzene rings is 1. The molecule has 1 aliphatic rings. The fourth-order valence-electron chi connectivity index (χ4n) is 2.16. The van der Waals surface area contributed by atoms with Crippen LogP contribution in [0.1, 0.15) is 24.4 Å². The minimum atomic E-state index is 0.204. The van der Waals surface area contributed by atoms with Crippen molar-refractivity contribution in [3.8, 4) is 5.75 Å². The lowest BCUT2D eigenvalue weighted by atomic mass is 9.94. The number of nitrogens with one attached hydrogen (secondary N) is 1. The van der Waals surface area contributed by atoms with E-state index in [1.165, 1.54) is 0 Å². The monoisotopic (exact) mass is 207 g/mol. The molecule has 0 spiro atoms. The first kappa shape index (κ1) is 10.5. The molecule has 1 saturated heterocycles. The Hall–Kier alpha value is -1.06. The zero-order valence-corrected chi connectivity index (χ0v) is 8.94. The van der Waals surface area contributed by atoms with E-state index in [-0.39, 0.29) is 12.1 Å². The Morgan fingerprint density at radius 3 is 3.07 bits per heavy atom. The van der Waals surface area contributed by atoms with Gasteiger partial charge in [0.2, 0.25) is 0 Å². The van der Waals surface area contributed by atoms with Crippen molar-refractivity contribution in [2.24, 2.45) is 0 Å². The lowest BCUT2D eigenvalue weighted by molar-refractivity contribution is 0.0451. The molecule has 2 unspecified atom stereocenters. The van der Waals surface area contributed by atoms with Crippen LogP contribution in [0.4, 0.5) is 0 Å². The molecule has 1 aliphatic heterocycles. The van der Waals surface area contributed by atoms with Crippen molar-refractivity contribution in [2.45, 2.75) is 25.0 Å². The molecule has 3 heteroatoms. The van der Waals surface area contributed by atoms with E-state index in [2.05, 4.69) is 5.32 Å². The van der Waals surface area contributed by atoms with E-state index in [0.717, 1.165) is 24.9 Å². The maximum Gasteiger partial charge on any atom is 0.115 e. The van der Waals surface area contributed by atoms with Crippen molar-refractivity contribution in [2.75, 3.05) is 13.7 Å². The summed E-state index contributed by atoms with van der Waals surface area (Å²) in [5, 5.41) is 12.9. The number of phenols is 1. The first-order valence-electron chi connectivity index (χ1n) is 5.36. The van der Waals surface area contributed by atoms with E-state index in [9.17, 15) is 5.11 Å². The van der Waals surface area contributed by atoms with E-state index in [0.29, 0.717) is 5.75 Å². The molecule has 1 aromatic rings. The van der Waals surface area contributed by atoms with Gasteiger partial charge in [0.15, 0.2) is 0 Å². The highest BCUT2D eigenvalue weighted by molar-refractivity contribution is 5.30. The predicted octanol–water partition coefficient (Wildman–Crippen LogP) is 1.83. The summed E-state index contributed by atoms with van der Waals surface area (Å²) in [5.41, 5.74) is 1.10. The Morgan fingerprint density at radius 2 is 2.33 bits per heavy atom. The van der Waals surface area contributed by atoms with Crippen LogP contribution >= 0.6 is 0 Å². The Morgan fingerprint density at radius 1 is 1.47 bits per heavy atom. The normalized spacial score (nSPS) is 26.5. The molecule has 2 rings (SSSR count). The van der Waals surface area contributed by atoms with Gasteiger partial charge in [-0.25, -0.2) is 0 Å². The SMILES string of the molecule is COC1CCCNC1c1cccc(O)c1. The fraction of sp³-hybridized carbons (Fsp3) is 0.500. The molecule has 0 radical (unpaired) electrons. The molecule has 0 amide bonds. The number of piperidine rings is 1. The summed E-state index contributed by atoms with van der Waals surface area (Å²) in [5.74, 6) is 0.315. The second kappa shape index (κ2) is 4.64. The van der Waals surface area contributed by atoms with Crippen LogP contribution in [0, 0.1) is 0 Å². The van der Waals surface area contributed by atoms with Gasteiger partial charge in [0, 0.05) is 7.11 Å². The van der Waals surface area contributed by atoms with Crippen molar-refractivity contribution in [1.82, 2.24) is 5.32 Å². The van der Waals surface area contributed by atoms with Crippen molar-refractivity contribution >= 4 is 0 Å². The van der Waals surface area contributed by atoms with Crippen LogP contribution in [0.3, 0.4) is 0 Å². The molecule has 0 bridgehead atoms. The van der Waals surface area contributed by atoms with Gasteiger partial charge < -0.3 is 15.2 Å². The van der Waals surface area contributed by atoms with Crippen LogP contribution < -0.4 is 5.32 Å². The van der Waals surface area contributed by atoms with Crippen LogP contribution in [-0.4, -0.2) is 24.9 Å². The summed E-state index contributed by atoms with van der Waals surface area (Å²) in [6.45, 7) is 1.01. The molecular weight excluding hydrogens is 190 g/mol. The molecule has 0 aromatic heterocycles. The number of phenolic OH excluding ortho intramolecular Hbond substituents is 1. The highest BCUT2D eigenvalue weighted by atomic mass is 16.5. The lowest BCUT2D eigenvalue weighted by Gasteiger charge is -2.31. The number of methoxy groups -OCH3 is 1. The third-order valence-corrected chi connectivity index (χ3v) is 2.93. The van der Waals surface area contributed by atoms with Crippen LogP contribution in [0.5, 0.6) is 5.75 Å². The van der Waals surface area contributed by atoms with Gasteiger partial charge in [-0.1, -0.05) is 12.1 Å². The average Bonchev–Trinajstić information content (AvgIpc) is 2.29. The van der Waals surface area contributed by atoms with E-state index in [1.807, 2.05) is 12.1 Å². The van der Waals surface area contributed by atoms with E-state index < -0.39 is 0 Å². The van der Waals surface area contributed by atoms with Crippen LogP contribution in [0.2, 0.25) is 0 Å². The highest BCUT2D eigenvalue weighted by Crippen LogP contribution is 2.27. The van der Waals surface area contributed by atoms with Gasteiger partial charge in [-0.3, -0.25) is 0 Å². The number of ether oxygens (including phenoxy) is 1. The summed E-state index contributed by atoms with van der Waals surface area (Å²) in [6.07, 6.45) is 2.43. The zero-order chi connectivity index (χ0) is 10.7. The Labute approximate surface area is 90.1 Å². The molecule has 2 N–H and O–H groups in total. The quantitative estimate of drug-likeness (QED) is 0.777. The summed E-state index contributed by atoms with van der Waals surface area (Å²) in [6, 6.07) is 7.58. The van der Waals surface area contributed by atoms with Gasteiger partial charge in [0.1, 0.15) is 5.75 Å². The lowest BCUT2D eigenvalue weighted by Crippen LogP contribution is -2.38. The van der Waals surface area contributed by atoms with Crippen molar-refractivity contribution in [1.29, 1.82) is 0 Å². The molecule has 1 heterocycles. The Bertz CT molecular complexity index is 327. The van der Waals surface area contributed by atoms with Crippen LogP contribution in [-0.2, 0) is 4.74 Å². The summed E-state index contributed by atoms with van der Waals surface area (Å²) >= 11 is 0. The van der Waals surface area contributed by atoms with E-state index in [4.69, 9.17) is 4.74 Å². The average molecular weight is 207 g/mol. The molecule has 15 heavy (non-hydrogen) atoms. The highest BCUT2D eigenvalue weighted by Gasteiger charge is 2.25. The third-order valence-electron chi connectivity index (χ3n) is 2.93. The molecule has 0 saturated carbocycles. The smallest absolute Gasteiger partial charge is 0.115 e. The first-order chi connectivity index (χ1) is 7.31. The second-order valence-corrected chi connectivity index (χ2v) is 3.94. The number of hydrogen-bond donors (Lipinski definition) is 2. The van der Waals surface area contributed by atoms with E-state index >= 15 is 0 Å². The molecule has 0 aliphatic carbocycles. The maximum atomic E-state index is 9.43. The standard InChI is InChI=1S/C12H17NO2/c1-15-11-6-3-7-13-12(11)9-4-2-5-10(14)8-9/h2,4-5,8,11-14H,3,6-7H2,1H3. The number of aromatic hydroxyl groups is 1. The molecular formula is C12H17NO2. The number of rotatable bonds is 2. The van der Waals surface area contributed by atoms with Gasteiger partial charge in [-0.2, -0.15) is 0 Å². The van der Waals surface area contributed by atoms with Crippen LogP contribution in [0.25, 0.3) is 0 Å². The minimum Gasteiger partial charge on any atom is -0.508 e. The van der Waals surface area contributed by atoms with Crippen molar-refractivity contribution < 1.29 is 9.84 Å². The second-order valence-electron chi connectivity index (χ2n) is 3.94. The third kappa shape index (κ3) is 2.30. The zero-order valence-electron chi connectivity index (χ0n) is 8.94. The van der Waals surface area contributed by atoms with Gasteiger partial charge in [-0.15, -0.1) is 0 Å². The summed E-state index contributed by atoms with van der Waals surface area (Å²) in [4.78, 5) is 0. The largest absolute Gasteiger partial charge is 0.508 e. The molecule has 3 nitrogen and oxygen atoms in total. The fourth-order valence-corrected chi connectivity index (χ4v) is 2.16. The topological polar surface area (TPSA) is 41.5 Å². The minimum absolute atomic E-state index is 0.204. The van der Waals surface area contributed by atoms with Gasteiger partial charge >= 0.3 is 0 Å². The molecule has 1 aromatic carbocycles. The number of hydrogen-bond acceptors (Lipinski definition) is 3. The molecule has 82 valence electrons. The van der Waals surface area contributed by atoms with Crippen LogP contribution in [0.15, 0.2) is 24.3 Å². The molecule has 2 atom stereocenters. The maximum absolute atomic E-state index is 9.43. The predicted molar refractivity (Wildman–Crippen MR) is 58.9 cm³/mol. The van der Waals surface area contributed by atoms with Crippen molar-refractivity contribution in [3.63, 3.8) is 0 Å². The van der Waals surface area contributed by atoms with Gasteiger partial charge in [-0.05, 0) is 37.1 Å². The summed E-state index contributed by atoms with van der Waals surface area (Å²) < 4.78 is 5.45. The Kier molecular flexibility index (Phi) is 3.23. The van der Waals surface area contributed by atoms with Crippen molar-refractivity contribution in [3.05, 3.63) is 29.8 Å². The Balaban J connectivity index is 2.20. The van der Waals surface area contributed by atoms with Gasteiger partial charge in [0.25, 0.3) is 0 Å².